The minimum absolute atomic E-state index is 0.433. The van der Waals surface area contributed by atoms with Crippen molar-refractivity contribution in [2.24, 2.45) is 0 Å². The number of alkyl halides is 3. The highest BCUT2D eigenvalue weighted by atomic mass is 79.9. The minimum Gasteiger partial charge on any atom is -0.379 e. The monoisotopic (exact) mass is 330 g/mol. The van der Waals surface area contributed by atoms with Crippen LogP contribution >= 0.6 is 15.9 Å². The van der Waals surface area contributed by atoms with Crippen LogP contribution in [0.1, 0.15) is 11.1 Å². The summed E-state index contributed by atoms with van der Waals surface area (Å²) in [6, 6.07) is 8.69. The Morgan fingerprint density at radius 1 is 1.11 bits per heavy atom. The summed E-state index contributed by atoms with van der Waals surface area (Å²) < 4.78 is 37.8. The van der Waals surface area contributed by atoms with Gasteiger partial charge in [0.05, 0.1) is 11.3 Å². The Bertz CT molecular complexity index is 553. The van der Waals surface area contributed by atoms with Gasteiger partial charge in [-0.25, -0.2) is 4.98 Å². The highest BCUT2D eigenvalue weighted by Gasteiger charge is 2.29. The minimum atomic E-state index is -4.29. The van der Waals surface area contributed by atoms with Crippen molar-refractivity contribution < 1.29 is 13.2 Å². The van der Waals surface area contributed by atoms with Crippen molar-refractivity contribution in [3.8, 4) is 0 Å². The topological polar surface area (TPSA) is 24.9 Å². The predicted molar refractivity (Wildman–Crippen MR) is 70.7 cm³/mol. The summed E-state index contributed by atoms with van der Waals surface area (Å²) in [5.41, 5.74) is 0.921. The largest absolute Gasteiger partial charge is 0.416 e. The van der Waals surface area contributed by atoms with Crippen LogP contribution in [-0.2, 0) is 12.7 Å². The highest BCUT2D eigenvalue weighted by Crippen LogP contribution is 2.29. The van der Waals surface area contributed by atoms with Crippen LogP contribution in [0.25, 0.3) is 0 Å². The summed E-state index contributed by atoms with van der Waals surface area (Å²) >= 11 is 3.29. The molecule has 19 heavy (non-hydrogen) atoms. The summed E-state index contributed by atoms with van der Waals surface area (Å²) in [5.74, 6) is 0. The molecule has 0 unspecified atom stereocenters. The third-order valence-electron chi connectivity index (χ3n) is 2.52. The number of benzene rings is 1. The highest BCUT2D eigenvalue weighted by molar-refractivity contribution is 9.10. The number of aromatic nitrogens is 1. The smallest absolute Gasteiger partial charge is 0.379 e. The number of hydrogen-bond acceptors (Lipinski definition) is 2. The zero-order valence-corrected chi connectivity index (χ0v) is 11.3. The van der Waals surface area contributed by atoms with Gasteiger partial charge >= 0.3 is 6.18 Å². The number of nitrogens with zero attached hydrogens (tertiary/aromatic N) is 1. The van der Waals surface area contributed by atoms with Gasteiger partial charge in [-0.2, -0.15) is 13.2 Å². The van der Waals surface area contributed by atoms with Crippen LogP contribution in [0.4, 0.5) is 18.9 Å². The van der Waals surface area contributed by atoms with Gasteiger partial charge in [-0.15, -0.1) is 0 Å². The molecule has 2 rings (SSSR count). The van der Waals surface area contributed by atoms with Crippen LogP contribution in [-0.4, -0.2) is 4.98 Å². The van der Waals surface area contributed by atoms with Crippen molar-refractivity contribution >= 4 is 21.6 Å². The molecule has 6 heteroatoms. The Morgan fingerprint density at radius 3 is 2.37 bits per heavy atom. The zero-order chi connectivity index (χ0) is 13.9. The molecule has 1 N–H and O–H groups in total. The lowest BCUT2D eigenvalue weighted by Crippen LogP contribution is -2.05. The maximum atomic E-state index is 12.4. The van der Waals surface area contributed by atoms with E-state index in [0.717, 1.165) is 23.4 Å². The quantitative estimate of drug-likeness (QED) is 0.839. The van der Waals surface area contributed by atoms with Gasteiger partial charge in [-0.1, -0.05) is 12.1 Å². The van der Waals surface area contributed by atoms with E-state index in [2.05, 4.69) is 26.2 Å². The first-order valence-corrected chi connectivity index (χ1v) is 6.26. The number of pyridine rings is 1. The lowest BCUT2D eigenvalue weighted by atomic mass is 10.1. The van der Waals surface area contributed by atoms with Gasteiger partial charge in [0, 0.05) is 12.7 Å². The van der Waals surface area contributed by atoms with Crippen LogP contribution in [0.5, 0.6) is 0 Å². The number of halogens is 4. The second-order valence-electron chi connectivity index (χ2n) is 3.89. The van der Waals surface area contributed by atoms with E-state index in [9.17, 15) is 13.2 Å². The van der Waals surface area contributed by atoms with Crippen molar-refractivity contribution in [2.45, 2.75) is 12.7 Å². The van der Waals surface area contributed by atoms with Gasteiger partial charge in [0.15, 0.2) is 0 Å². The molecule has 0 saturated carbocycles. The molecule has 0 aliphatic rings. The van der Waals surface area contributed by atoms with E-state index >= 15 is 0 Å². The van der Waals surface area contributed by atoms with E-state index in [0.29, 0.717) is 11.1 Å². The fourth-order valence-corrected chi connectivity index (χ4v) is 1.92. The molecule has 0 aliphatic heterocycles. The Labute approximate surface area is 116 Å². The van der Waals surface area contributed by atoms with Crippen LogP contribution in [0.15, 0.2) is 47.2 Å². The molecular weight excluding hydrogens is 321 g/mol. The number of hydrogen-bond donors (Lipinski definition) is 1. The van der Waals surface area contributed by atoms with Crippen molar-refractivity contribution in [2.75, 3.05) is 5.32 Å². The number of anilines is 1. The van der Waals surface area contributed by atoms with Crippen LogP contribution in [0, 0.1) is 0 Å². The molecule has 1 aromatic heterocycles. The van der Waals surface area contributed by atoms with Crippen LogP contribution < -0.4 is 5.32 Å². The molecule has 0 bridgehead atoms. The normalized spacial score (nSPS) is 11.4. The predicted octanol–water partition coefficient (Wildman–Crippen LogP) is 4.48. The molecule has 0 aliphatic carbocycles. The van der Waals surface area contributed by atoms with Crippen LogP contribution in [0.3, 0.4) is 0 Å². The Morgan fingerprint density at radius 2 is 1.79 bits per heavy atom. The fourth-order valence-electron chi connectivity index (χ4n) is 1.53. The number of nitrogens with one attached hydrogen (secondary N) is 1. The van der Waals surface area contributed by atoms with Gasteiger partial charge in [0.2, 0.25) is 0 Å². The number of rotatable bonds is 3. The Balaban J connectivity index is 2.03. The molecule has 100 valence electrons. The van der Waals surface area contributed by atoms with Gasteiger partial charge < -0.3 is 5.32 Å². The summed E-state index contributed by atoms with van der Waals surface area (Å²) in [4.78, 5) is 4.04. The van der Waals surface area contributed by atoms with E-state index in [1.165, 1.54) is 12.1 Å². The maximum Gasteiger partial charge on any atom is 0.416 e. The van der Waals surface area contributed by atoms with Crippen molar-refractivity contribution in [3.05, 3.63) is 58.3 Å². The summed E-state index contributed by atoms with van der Waals surface area (Å²) in [7, 11) is 0. The van der Waals surface area contributed by atoms with Gasteiger partial charge in [0.25, 0.3) is 0 Å². The van der Waals surface area contributed by atoms with E-state index in [1.54, 1.807) is 12.3 Å². The summed E-state index contributed by atoms with van der Waals surface area (Å²) in [5, 5.41) is 3.10. The second-order valence-corrected chi connectivity index (χ2v) is 4.64. The van der Waals surface area contributed by atoms with E-state index in [4.69, 9.17) is 0 Å². The standard InChI is InChI=1S/C13H10BrF3N2/c14-12-11(2-1-7-18-12)19-8-9-3-5-10(6-4-9)13(15,16)17/h1-7,19H,8H2. The van der Waals surface area contributed by atoms with E-state index in [1.807, 2.05) is 6.07 Å². The van der Waals surface area contributed by atoms with E-state index < -0.39 is 11.7 Å². The van der Waals surface area contributed by atoms with Crippen molar-refractivity contribution in [1.82, 2.24) is 4.98 Å². The molecule has 0 fully saturated rings. The second kappa shape index (κ2) is 5.61. The zero-order valence-electron chi connectivity index (χ0n) is 9.71. The molecular formula is C13H10BrF3N2. The summed E-state index contributed by atoms with van der Waals surface area (Å²) in [6.07, 6.45) is -2.65. The lowest BCUT2D eigenvalue weighted by molar-refractivity contribution is -0.137. The van der Waals surface area contributed by atoms with Crippen LogP contribution in [0.2, 0.25) is 0 Å². The third kappa shape index (κ3) is 3.70. The molecule has 0 atom stereocenters. The third-order valence-corrected chi connectivity index (χ3v) is 3.16. The van der Waals surface area contributed by atoms with Gasteiger partial charge in [0.1, 0.15) is 4.60 Å². The molecule has 0 spiro atoms. The van der Waals surface area contributed by atoms with Gasteiger partial charge in [-0.05, 0) is 45.8 Å². The molecule has 0 amide bonds. The fraction of sp³-hybridized carbons (Fsp3) is 0.154. The molecule has 2 nitrogen and oxygen atoms in total. The Kier molecular flexibility index (Phi) is 4.09. The van der Waals surface area contributed by atoms with Gasteiger partial charge in [-0.3, -0.25) is 0 Å². The average Bonchev–Trinajstić information content (AvgIpc) is 2.37. The first kappa shape index (κ1) is 13.9. The molecule has 1 heterocycles. The van der Waals surface area contributed by atoms with Crippen molar-refractivity contribution in [3.63, 3.8) is 0 Å². The maximum absolute atomic E-state index is 12.4. The SMILES string of the molecule is FC(F)(F)c1ccc(CNc2cccnc2Br)cc1. The first-order valence-electron chi connectivity index (χ1n) is 5.47. The Hall–Kier alpha value is -1.56. The average molecular weight is 331 g/mol. The molecule has 2 aromatic rings. The molecule has 1 aromatic carbocycles. The lowest BCUT2D eigenvalue weighted by Gasteiger charge is -2.09. The molecule has 0 radical (unpaired) electrons. The van der Waals surface area contributed by atoms with E-state index in [-0.39, 0.29) is 0 Å². The molecule has 0 saturated heterocycles. The van der Waals surface area contributed by atoms with Crippen molar-refractivity contribution in [1.29, 1.82) is 0 Å². The summed E-state index contributed by atoms with van der Waals surface area (Å²) in [6.45, 7) is 0.433. The first-order chi connectivity index (χ1) is 8.97.